The summed E-state index contributed by atoms with van der Waals surface area (Å²) < 4.78 is 5.92. The lowest BCUT2D eigenvalue weighted by Gasteiger charge is -2.22. The van der Waals surface area contributed by atoms with Gasteiger partial charge in [0.1, 0.15) is 0 Å². The Morgan fingerprint density at radius 1 is 0.640 bits per heavy atom. The Hall–Kier alpha value is -0.120. The smallest absolute Gasteiger partial charge is 0.0840 e. The summed E-state index contributed by atoms with van der Waals surface area (Å²) in [5, 5.41) is 20.5. The number of aliphatic hydroxyl groups is 2. The van der Waals surface area contributed by atoms with Crippen molar-refractivity contribution in [3.63, 3.8) is 0 Å². The predicted octanol–water partition coefficient (Wildman–Crippen LogP) is 5.76. The highest BCUT2D eigenvalue weighted by atomic mass is 16.5. The molecule has 0 saturated carbocycles. The van der Waals surface area contributed by atoms with E-state index >= 15 is 0 Å². The van der Waals surface area contributed by atoms with Gasteiger partial charge in [-0.15, -0.1) is 0 Å². The minimum atomic E-state index is -0.352. The van der Waals surface area contributed by atoms with Crippen molar-refractivity contribution in [2.24, 2.45) is 0 Å². The van der Waals surface area contributed by atoms with Crippen LogP contribution in [0.5, 0.6) is 0 Å². The maximum absolute atomic E-state index is 10.3. The first-order valence-corrected chi connectivity index (χ1v) is 11.2. The van der Waals surface area contributed by atoms with E-state index in [4.69, 9.17) is 4.74 Å². The zero-order valence-corrected chi connectivity index (χ0v) is 16.9. The molecule has 1 heterocycles. The fourth-order valence-electron chi connectivity index (χ4n) is 3.88. The van der Waals surface area contributed by atoms with E-state index in [2.05, 4.69) is 13.8 Å². The molecule has 3 nitrogen and oxygen atoms in total. The molecule has 1 aliphatic heterocycles. The third-order valence-electron chi connectivity index (χ3n) is 5.65. The molecule has 0 spiro atoms. The summed E-state index contributed by atoms with van der Waals surface area (Å²) in [5.41, 5.74) is 0. The van der Waals surface area contributed by atoms with E-state index in [0.29, 0.717) is 0 Å². The van der Waals surface area contributed by atoms with E-state index in [1.165, 1.54) is 57.8 Å². The van der Waals surface area contributed by atoms with Crippen LogP contribution in [0.15, 0.2) is 0 Å². The van der Waals surface area contributed by atoms with Gasteiger partial charge in [0.2, 0.25) is 0 Å². The molecule has 25 heavy (non-hydrogen) atoms. The molecule has 1 fully saturated rings. The summed E-state index contributed by atoms with van der Waals surface area (Å²) >= 11 is 0. The molecule has 150 valence electrons. The van der Waals surface area contributed by atoms with Gasteiger partial charge in [-0.25, -0.2) is 0 Å². The largest absolute Gasteiger partial charge is 0.390 e. The molecule has 0 bridgehead atoms. The third kappa shape index (κ3) is 10.6. The SMILES string of the molecule is CCCCCCCCCCCCC(O)C1CCC(C(O)CCCC)O1. The maximum Gasteiger partial charge on any atom is 0.0840 e. The minimum absolute atomic E-state index is 0.0557. The fraction of sp³-hybridized carbons (Fsp3) is 1.00. The van der Waals surface area contributed by atoms with Crippen molar-refractivity contribution in [2.45, 2.75) is 141 Å². The van der Waals surface area contributed by atoms with Gasteiger partial charge in [-0.3, -0.25) is 0 Å². The first-order chi connectivity index (χ1) is 12.2. The molecule has 0 aromatic rings. The van der Waals surface area contributed by atoms with E-state index in [9.17, 15) is 10.2 Å². The van der Waals surface area contributed by atoms with Gasteiger partial charge in [0, 0.05) is 0 Å². The highest BCUT2D eigenvalue weighted by molar-refractivity contribution is 4.83. The number of rotatable bonds is 16. The van der Waals surface area contributed by atoms with Crippen molar-refractivity contribution in [3.8, 4) is 0 Å². The van der Waals surface area contributed by atoms with Crippen molar-refractivity contribution in [1.82, 2.24) is 0 Å². The molecular weight excluding hydrogens is 312 g/mol. The van der Waals surface area contributed by atoms with Gasteiger partial charge < -0.3 is 14.9 Å². The van der Waals surface area contributed by atoms with E-state index in [1.54, 1.807) is 0 Å². The van der Waals surface area contributed by atoms with Crippen LogP contribution in [0.3, 0.4) is 0 Å². The standard InChI is InChI=1S/C22H44O3/c1-3-5-7-8-9-10-11-12-13-14-16-20(24)22-18-17-21(25-22)19(23)15-6-4-2/h19-24H,3-18H2,1-2H3. The lowest BCUT2D eigenvalue weighted by Crippen LogP contribution is -2.31. The molecular formula is C22H44O3. The van der Waals surface area contributed by atoms with Gasteiger partial charge in [-0.2, -0.15) is 0 Å². The molecule has 0 aliphatic carbocycles. The second-order valence-corrected chi connectivity index (χ2v) is 8.04. The first-order valence-electron chi connectivity index (χ1n) is 11.2. The maximum atomic E-state index is 10.3. The summed E-state index contributed by atoms with van der Waals surface area (Å²) in [6, 6.07) is 0. The fourth-order valence-corrected chi connectivity index (χ4v) is 3.88. The van der Waals surface area contributed by atoms with Gasteiger partial charge in [0.15, 0.2) is 0 Å². The summed E-state index contributed by atoms with van der Waals surface area (Å²) in [4.78, 5) is 0. The van der Waals surface area contributed by atoms with Gasteiger partial charge >= 0.3 is 0 Å². The van der Waals surface area contributed by atoms with E-state index in [-0.39, 0.29) is 24.4 Å². The van der Waals surface area contributed by atoms with E-state index in [0.717, 1.165) is 44.9 Å². The Labute approximate surface area is 156 Å². The molecule has 1 aliphatic rings. The molecule has 0 radical (unpaired) electrons. The van der Waals surface area contributed by atoms with Gasteiger partial charge in [0.05, 0.1) is 24.4 Å². The Morgan fingerprint density at radius 3 is 1.52 bits per heavy atom. The molecule has 4 atom stereocenters. The summed E-state index contributed by atoms with van der Waals surface area (Å²) in [5.74, 6) is 0. The van der Waals surface area contributed by atoms with Crippen LogP contribution < -0.4 is 0 Å². The van der Waals surface area contributed by atoms with Crippen molar-refractivity contribution < 1.29 is 14.9 Å². The zero-order valence-electron chi connectivity index (χ0n) is 16.9. The number of ether oxygens (including phenoxy) is 1. The van der Waals surface area contributed by atoms with Crippen LogP contribution >= 0.6 is 0 Å². The number of hydrogen-bond donors (Lipinski definition) is 2. The van der Waals surface area contributed by atoms with E-state index in [1.807, 2.05) is 0 Å². The topological polar surface area (TPSA) is 49.7 Å². The predicted molar refractivity (Wildman–Crippen MR) is 106 cm³/mol. The van der Waals surface area contributed by atoms with Crippen LogP contribution in [-0.4, -0.2) is 34.6 Å². The molecule has 4 unspecified atom stereocenters. The van der Waals surface area contributed by atoms with Crippen LogP contribution in [0.1, 0.15) is 117 Å². The molecule has 0 amide bonds. The second kappa shape index (κ2) is 15.0. The molecule has 1 saturated heterocycles. The van der Waals surface area contributed by atoms with Gasteiger partial charge in [-0.05, 0) is 25.7 Å². The number of unbranched alkanes of at least 4 members (excludes halogenated alkanes) is 10. The van der Waals surface area contributed by atoms with Crippen LogP contribution in [0.4, 0.5) is 0 Å². The highest BCUT2D eigenvalue weighted by Gasteiger charge is 2.33. The monoisotopic (exact) mass is 356 g/mol. The Bertz CT molecular complexity index is 295. The average molecular weight is 357 g/mol. The van der Waals surface area contributed by atoms with Gasteiger partial charge in [0.25, 0.3) is 0 Å². The van der Waals surface area contributed by atoms with Crippen molar-refractivity contribution >= 4 is 0 Å². The average Bonchev–Trinajstić information content (AvgIpc) is 3.11. The Balaban J connectivity index is 1.97. The van der Waals surface area contributed by atoms with Crippen LogP contribution in [-0.2, 0) is 4.74 Å². The first kappa shape index (κ1) is 22.9. The lowest BCUT2D eigenvalue weighted by molar-refractivity contribution is -0.0785. The van der Waals surface area contributed by atoms with E-state index < -0.39 is 0 Å². The lowest BCUT2D eigenvalue weighted by atomic mass is 10.0. The second-order valence-electron chi connectivity index (χ2n) is 8.04. The normalized spacial score (nSPS) is 23.0. The summed E-state index contributed by atoms with van der Waals surface area (Å²) in [6.45, 7) is 4.40. The van der Waals surface area contributed by atoms with Crippen LogP contribution in [0, 0.1) is 0 Å². The van der Waals surface area contributed by atoms with Gasteiger partial charge in [-0.1, -0.05) is 90.9 Å². The third-order valence-corrected chi connectivity index (χ3v) is 5.65. The van der Waals surface area contributed by atoms with Crippen LogP contribution in [0.25, 0.3) is 0 Å². The summed E-state index contributed by atoms with van der Waals surface area (Å²) in [7, 11) is 0. The number of hydrogen-bond acceptors (Lipinski definition) is 3. The van der Waals surface area contributed by atoms with Crippen molar-refractivity contribution in [2.75, 3.05) is 0 Å². The molecule has 3 heteroatoms. The van der Waals surface area contributed by atoms with Crippen molar-refractivity contribution in [3.05, 3.63) is 0 Å². The minimum Gasteiger partial charge on any atom is -0.390 e. The Kier molecular flexibility index (Phi) is 13.7. The van der Waals surface area contributed by atoms with Crippen LogP contribution in [0.2, 0.25) is 0 Å². The van der Waals surface area contributed by atoms with Crippen molar-refractivity contribution in [1.29, 1.82) is 0 Å². The summed E-state index contributed by atoms with van der Waals surface area (Å²) in [6.07, 6.45) is 18.0. The zero-order chi connectivity index (χ0) is 18.3. The molecule has 1 rings (SSSR count). The Morgan fingerprint density at radius 2 is 1.04 bits per heavy atom. The number of aliphatic hydroxyl groups excluding tert-OH is 2. The molecule has 2 N–H and O–H groups in total. The molecule has 0 aromatic heterocycles. The highest BCUT2D eigenvalue weighted by Crippen LogP contribution is 2.28. The quantitative estimate of drug-likeness (QED) is 0.346. The molecule has 0 aromatic carbocycles.